The average Bonchev–Trinajstić information content (AvgIpc) is 2.30. The van der Waals surface area contributed by atoms with Crippen LogP contribution in [0.15, 0.2) is 12.4 Å². The predicted molar refractivity (Wildman–Crippen MR) is 56.9 cm³/mol. The van der Waals surface area contributed by atoms with Gasteiger partial charge in [-0.3, -0.25) is 4.98 Å². The highest BCUT2D eigenvalue weighted by atomic mass is 19.4. The summed E-state index contributed by atoms with van der Waals surface area (Å²) < 4.78 is 64.8. The maximum absolute atomic E-state index is 12.5. The molecule has 0 radical (unpaired) electrons. The van der Waals surface area contributed by atoms with E-state index in [0.717, 1.165) is 0 Å². The van der Waals surface area contributed by atoms with E-state index >= 15 is 0 Å². The zero-order valence-electron chi connectivity index (χ0n) is 9.97. The first-order chi connectivity index (χ1) is 8.76. The molecule has 1 aromatic heterocycles. The molecule has 108 valence electrons. The fourth-order valence-corrected chi connectivity index (χ4v) is 1.07. The minimum atomic E-state index is -5.62. The van der Waals surface area contributed by atoms with Crippen LogP contribution in [0, 0.1) is 0 Å². The summed E-state index contributed by atoms with van der Waals surface area (Å²) in [4.78, 5) is 7.67. The number of nitrogens with zero attached hydrogens (tertiary/aromatic N) is 2. The van der Waals surface area contributed by atoms with Crippen LogP contribution in [0.25, 0.3) is 0 Å². The summed E-state index contributed by atoms with van der Waals surface area (Å²) in [5.41, 5.74) is 0.166. The summed E-state index contributed by atoms with van der Waals surface area (Å²) >= 11 is 0. The van der Waals surface area contributed by atoms with E-state index in [4.69, 9.17) is 0 Å². The van der Waals surface area contributed by atoms with Gasteiger partial charge in [-0.15, -0.1) is 0 Å². The van der Waals surface area contributed by atoms with Crippen molar-refractivity contribution in [3.05, 3.63) is 18.1 Å². The van der Waals surface area contributed by atoms with Crippen LogP contribution in [0.3, 0.4) is 0 Å². The zero-order chi connectivity index (χ0) is 14.5. The first kappa shape index (κ1) is 15.5. The van der Waals surface area contributed by atoms with E-state index in [0.29, 0.717) is 12.4 Å². The molecular formula is C10H12F5N3O. The van der Waals surface area contributed by atoms with Crippen molar-refractivity contribution in [3.63, 3.8) is 0 Å². The average molecular weight is 285 g/mol. The van der Waals surface area contributed by atoms with Crippen LogP contribution >= 0.6 is 0 Å². The largest absolute Gasteiger partial charge is 0.455 e. The van der Waals surface area contributed by atoms with Gasteiger partial charge in [0.1, 0.15) is 12.4 Å². The van der Waals surface area contributed by atoms with Gasteiger partial charge in [-0.05, 0) is 6.92 Å². The molecule has 0 saturated carbocycles. The Labute approximate surface area is 106 Å². The molecule has 1 aromatic rings. The third-order valence-electron chi connectivity index (χ3n) is 2.01. The van der Waals surface area contributed by atoms with Crippen molar-refractivity contribution in [1.29, 1.82) is 0 Å². The number of halogens is 5. The summed E-state index contributed by atoms with van der Waals surface area (Å²) in [7, 11) is 0. The molecule has 0 spiro atoms. The monoisotopic (exact) mass is 285 g/mol. The topological polar surface area (TPSA) is 47.0 Å². The van der Waals surface area contributed by atoms with Gasteiger partial charge in [-0.1, -0.05) is 0 Å². The van der Waals surface area contributed by atoms with E-state index in [1.165, 1.54) is 12.4 Å². The van der Waals surface area contributed by atoms with Crippen molar-refractivity contribution in [2.45, 2.75) is 25.6 Å². The lowest BCUT2D eigenvalue weighted by molar-refractivity contribution is -0.297. The number of alkyl halides is 5. The molecule has 0 bridgehead atoms. The van der Waals surface area contributed by atoms with Gasteiger partial charge in [0.15, 0.2) is 0 Å². The number of hydrogen-bond donors (Lipinski definition) is 1. The molecule has 0 amide bonds. The van der Waals surface area contributed by atoms with Gasteiger partial charge < -0.3 is 10.1 Å². The van der Waals surface area contributed by atoms with Gasteiger partial charge in [0.05, 0.1) is 24.7 Å². The first-order valence-corrected chi connectivity index (χ1v) is 5.33. The fraction of sp³-hybridized carbons (Fsp3) is 0.600. The Hall–Kier alpha value is -1.51. The first-order valence-electron chi connectivity index (χ1n) is 5.33. The Kier molecular flexibility index (Phi) is 4.98. The standard InChI is InChI=1S/C10H12F5N3O/c1-2-16-8-4-17-7(3-18-8)5-19-6-9(11,12)10(13,14)15/h3-4H,2,5-6H2,1H3,(H,16,18). The van der Waals surface area contributed by atoms with Gasteiger partial charge in [0.2, 0.25) is 0 Å². The van der Waals surface area contributed by atoms with Crippen molar-refractivity contribution in [2.24, 2.45) is 0 Å². The van der Waals surface area contributed by atoms with Crippen molar-refractivity contribution in [2.75, 3.05) is 18.5 Å². The van der Waals surface area contributed by atoms with Gasteiger partial charge in [-0.25, -0.2) is 4.98 Å². The minimum Gasteiger partial charge on any atom is -0.369 e. The molecule has 1 N–H and O–H groups in total. The molecule has 0 aromatic carbocycles. The van der Waals surface area contributed by atoms with Crippen LogP contribution in [0.1, 0.15) is 12.6 Å². The number of aromatic nitrogens is 2. The molecule has 0 aliphatic heterocycles. The van der Waals surface area contributed by atoms with Gasteiger partial charge in [0.25, 0.3) is 0 Å². The maximum atomic E-state index is 12.5. The molecule has 19 heavy (non-hydrogen) atoms. The molecule has 0 saturated heterocycles. The van der Waals surface area contributed by atoms with E-state index in [-0.39, 0.29) is 5.69 Å². The van der Waals surface area contributed by atoms with E-state index in [1.54, 1.807) is 0 Å². The highest BCUT2D eigenvalue weighted by molar-refractivity contribution is 5.30. The number of ether oxygens (including phenoxy) is 1. The lowest BCUT2D eigenvalue weighted by atomic mass is 10.3. The molecule has 0 unspecified atom stereocenters. The summed E-state index contributed by atoms with van der Waals surface area (Å²) in [6.07, 6.45) is -3.04. The summed E-state index contributed by atoms with van der Waals surface area (Å²) in [6.45, 7) is 0.262. The normalized spacial score (nSPS) is 12.5. The number of anilines is 1. The molecule has 1 rings (SSSR count). The number of hydrogen-bond acceptors (Lipinski definition) is 4. The van der Waals surface area contributed by atoms with E-state index in [1.807, 2.05) is 6.92 Å². The zero-order valence-corrected chi connectivity index (χ0v) is 9.97. The van der Waals surface area contributed by atoms with Crippen LogP contribution in [0.4, 0.5) is 27.8 Å². The predicted octanol–water partition coefficient (Wildman–Crippen LogP) is 2.62. The molecular weight excluding hydrogens is 273 g/mol. The molecule has 1 heterocycles. The van der Waals surface area contributed by atoms with Crippen LogP contribution in [-0.4, -0.2) is 35.2 Å². The van der Waals surface area contributed by atoms with Crippen LogP contribution in [-0.2, 0) is 11.3 Å². The Morgan fingerprint density at radius 3 is 2.32 bits per heavy atom. The molecule has 4 nitrogen and oxygen atoms in total. The van der Waals surface area contributed by atoms with E-state index in [2.05, 4.69) is 20.0 Å². The smallest absolute Gasteiger partial charge is 0.369 e. The summed E-state index contributed by atoms with van der Waals surface area (Å²) in [5.74, 6) is -4.39. The highest BCUT2D eigenvalue weighted by Crippen LogP contribution is 2.35. The third-order valence-corrected chi connectivity index (χ3v) is 2.01. The minimum absolute atomic E-state index is 0.166. The summed E-state index contributed by atoms with van der Waals surface area (Å²) in [5, 5.41) is 2.85. The number of rotatable bonds is 6. The maximum Gasteiger partial charge on any atom is 0.455 e. The van der Waals surface area contributed by atoms with E-state index in [9.17, 15) is 22.0 Å². The van der Waals surface area contributed by atoms with Gasteiger partial charge in [0, 0.05) is 6.54 Å². The van der Waals surface area contributed by atoms with Crippen LogP contribution in [0.5, 0.6) is 0 Å². The summed E-state index contributed by atoms with van der Waals surface area (Å²) in [6, 6.07) is 0. The van der Waals surface area contributed by atoms with Crippen molar-refractivity contribution in [3.8, 4) is 0 Å². The molecule has 0 fully saturated rings. The van der Waals surface area contributed by atoms with Crippen LogP contribution in [0.2, 0.25) is 0 Å². The molecule has 0 atom stereocenters. The van der Waals surface area contributed by atoms with Gasteiger partial charge in [-0.2, -0.15) is 22.0 Å². The molecule has 0 aliphatic carbocycles. The lowest BCUT2D eigenvalue weighted by Gasteiger charge is -2.19. The van der Waals surface area contributed by atoms with E-state index < -0.39 is 25.3 Å². The second kappa shape index (κ2) is 6.09. The highest BCUT2D eigenvalue weighted by Gasteiger charge is 2.57. The Morgan fingerprint density at radius 1 is 1.16 bits per heavy atom. The van der Waals surface area contributed by atoms with Gasteiger partial charge >= 0.3 is 12.1 Å². The van der Waals surface area contributed by atoms with Crippen molar-refractivity contribution < 1.29 is 26.7 Å². The Bertz CT molecular complexity index is 393. The SMILES string of the molecule is CCNc1cnc(COCC(F)(F)C(F)(F)F)cn1. The van der Waals surface area contributed by atoms with Crippen molar-refractivity contribution >= 4 is 5.82 Å². The molecule has 9 heteroatoms. The lowest BCUT2D eigenvalue weighted by Crippen LogP contribution is -2.40. The fourth-order valence-electron chi connectivity index (χ4n) is 1.07. The van der Waals surface area contributed by atoms with Crippen LogP contribution < -0.4 is 5.32 Å². The Morgan fingerprint density at radius 2 is 1.84 bits per heavy atom. The Balaban J connectivity index is 2.45. The second-order valence-corrected chi connectivity index (χ2v) is 3.62. The third kappa shape index (κ3) is 4.58. The number of nitrogens with one attached hydrogen (secondary N) is 1. The second-order valence-electron chi connectivity index (χ2n) is 3.62. The molecule has 0 aliphatic rings. The quantitative estimate of drug-likeness (QED) is 0.816. The van der Waals surface area contributed by atoms with Crippen molar-refractivity contribution in [1.82, 2.24) is 9.97 Å².